The summed E-state index contributed by atoms with van der Waals surface area (Å²) in [6.45, 7) is 0. The number of carbonyl (C=O) groups excluding carboxylic acids is 1. The minimum absolute atomic E-state index is 0.0692. The number of hydrogen-bond donors (Lipinski definition) is 3. The lowest BCUT2D eigenvalue weighted by Crippen LogP contribution is -2.41. The number of hydrogen-bond acceptors (Lipinski definition) is 3. The molecule has 0 unspecified atom stereocenters. The molecule has 1 aromatic carbocycles. The molecule has 1 aromatic rings. The molecule has 6 nitrogen and oxygen atoms in total. The quantitative estimate of drug-likeness (QED) is 0.704. The highest BCUT2D eigenvalue weighted by Crippen LogP contribution is 2.29. The van der Waals surface area contributed by atoms with Crippen LogP contribution in [0.1, 0.15) is 24.0 Å². The molecule has 0 saturated heterocycles. The third-order valence-corrected chi connectivity index (χ3v) is 2.90. The maximum atomic E-state index is 12.6. The summed E-state index contributed by atoms with van der Waals surface area (Å²) < 4.78 is 37.7. The number of aliphatic carboxylic acids is 2. The van der Waals surface area contributed by atoms with Crippen molar-refractivity contribution in [2.75, 3.05) is 0 Å². The van der Waals surface area contributed by atoms with E-state index < -0.39 is 48.5 Å². The lowest BCUT2D eigenvalue weighted by molar-refractivity contribution is -0.143. The second-order valence-electron chi connectivity index (χ2n) is 4.77. The summed E-state index contributed by atoms with van der Waals surface area (Å²) in [7, 11) is 0. The summed E-state index contributed by atoms with van der Waals surface area (Å²) in [5, 5.41) is 19.5. The SMILES string of the molecule is O=C(O)CC[C@@H](NC(=O)Cc1cccc(C(F)(F)F)c1)C(=O)O. The Morgan fingerprint density at radius 2 is 1.83 bits per heavy atom. The molecule has 126 valence electrons. The smallest absolute Gasteiger partial charge is 0.416 e. The molecule has 3 N–H and O–H groups in total. The van der Waals surface area contributed by atoms with E-state index in [1.54, 1.807) is 0 Å². The zero-order valence-corrected chi connectivity index (χ0v) is 11.8. The number of benzene rings is 1. The number of nitrogens with one attached hydrogen (secondary N) is 1. The Labute approximate surface area is 128 Å². The molecule has 23 heavy (non-hydrogen) atoms. The average Bonchev–Trinajstić information content (AvgIpc) is 2.42. The highest BCUT2D eigenvalue weighted by molar-refractivity contribution is 5.85. The molecule has 0 bridgehead atoms. The van der Waals surface area contributed by atoms with Crippen LogP contribution in [-0.2, 0) is 27.0 Å². The molecule has 0 aliphatic heterocycles. The van der Waals surface area contributed by atoms with E-state index in [0.717, 1.165) is 18.2 Å². The molecule has 0 saturated carbocycles. The van der Waals surface area contributed by atoms with Gasteiger partial charge in [0.15, 0.2) is 0 Å². The zero-order valence-electron chi connectivity index (χ0n) is 11.8. The Kier molecular flexibility index (Phi) is 6.11. The third kappa shape index (κ3) is 6.37. The molecular weight excluding hydrogens is 319 g/mol. The first-order valence-electron chi connectivity index (χ1n) is 6.49. The van der Waals surface area contributed by atoms with Crippen LogP contribution in [0, 0.1) is 0 Å². The van der Waals surface area contributed by atoms with Crippen molar-refractivity contribution in [1.82, 2.24) is 5.32 Å². The summed E-state index contributed by atoms with van der Waals surface area (Å²) in [6.07, 6.45) is -5.77. The van der Waals surface area contributed by atoms with Gasteiger partial charge in [0.05, 0.1) is 12.0 Å². The Bertz CT molecular complexity index is 600. The van der Waals surface area contributed by atoms with Gasteiger partial charge in [0.2, 0.25) is 5.91 Å². The molecule has 1 amide bonds. The van der Waals surface area contributed by atoms with Gasteiger partial charge in [0, 0.05) is 6.42 Å². The van der Waals surface area contributed by atoms with Gasteiger partial charge in [0.25, 0.3) is 0 Å². The van der Waals surface area contributed by atoms with Crippen molar-refractivity contribution < 1.29 is 37.8 Å². The maximum Gasteiger partial charge on any atom is 0.416 e. The van der Waals surface area contributed by atoms with Crippen LogP contribution in [-0.4, -0.2) is 34.1 Å². The average molecular weight is 333 g/mol. The number of amides is 1. The maximum absolute atomic E-state index is 12.6. The second-order valence-corrected chi connectivity index (χ2v) is 4.77. The van der Waals surface area contributed by atoms with Crippen LogP contribution in [0.15, 0.2) is 24.3 Å². The summed E-state index contributed by atoms with van der Waals surface area (Å²) in [5.41, 5.74) is -0.844. The Morgan fingerprint density at radius 1 is 1.17 bits per heavy atom. The lowest BCUT2D eigenvalue weighted by atomic mass is 10.1. The molecule has 0 spiro atoms. The molecule has 9 heteroatoms. The predicted octanol–water partition coefficient (Wildman–Crippen LogP) is 1.68. The van der Waals surface area contributed by atoms with Gasteiger partial charge in [-0.1, -0.05) is 18.2 Å². The summed E-state index contributed by atoms with van der Waals surface area (Å²) in [6, 6.07) is 2.69. The monoisotopic (exact) mass is 333 g/mol. The third-order valence-electron chi connectivity index (χ3n) is 2.90. The van der Waals surface area contributed by atoms with E-state index >= 15 is 0 Å². The van der Waals surface area contributed by atoms with Gasteiger partial charge in [-0.05, 0) is 18.1 Å². The first-order chi connectivity index (χ1) is 10.6. The van der Waals surface area contributed by atoms with E-state index in [2.05, 4.69) is 5.32 Å². The number of alkyl halides is 3. The van der Waals surface area contributed by atoms with Crippen molar-refractivity contribution in [2.24, 2.45) is 0 Å². The largest absolute Gasteiger partial charge is 0.481 e. The molecule has 0 aromatic heterocycles. The molecule has 0 heterocycles. The predicted molar refractivity (Wildman–Crippen MR) is 71.6 cm³/mol. The van der Waals surface area contributed by atoms with Crippen LogP contribution in [0.25, 0.3) is 0 Å². The molecule has 0 aliphatic carbocycles. The van der Waals surface area contributed by atoms with Gasteiger partial charge in [-0.2, -0.15) is 13.2 Å². The standard InChI is InChI=1S/C14H14F3NO5/c15-14(16,17)9-3-1-2-8(6-9)7-11(19)18-10(13(22)23)4-5-12(20)21/h1-3,6,10H,4-5,7H2,(H,18,19)(H,20,21)(H,22,23)/t10-/m1/s1. The van der Waals surface area contributed by atoms with Gasteiger partial charge in [-0.15, -0.1) is 0 Å². The van der Waals surface area contributed by atoms with E-state index in [9.17, 15) is 27.6 Å². The van der Waals surface area contributed by atoms with Crippen LogP contribution < -0.4 is 5.32 Å². The van der Waals surface area contributed by atoms with E-state index in [-0.39, 0.29) is 12.0 Å². The zero-order chi connectivity index (χ0) is 17.6. The van der Waals surface area contributed by atoms with Crippen molar-refractivity contribution in [3.05, 3.63) is 35.4 Å². The van der Waals surface area contributed by atoms with Crippen molar-refractivity contribution in [1.29, 1.82) is 0 Å². The second kappa shape index (κ2) is 7.61. The first kappa shape index (κ1) is 18.5. The van der Waals surface area contributed by atoms with Gasteiger partial charge in [-0.25, -0.2) is 4.79 Å². The first-order valence-corrected chi connectivity index (χ1v) is 6.49. The van der Waals surface area contributed by atoms with Crippen molar-refractivity contribution in [3.8, 4) is 0 Å². The van der Waals surface area contributed by atoms with Crippen molar-refractivity contribution >= 4 is 17.8 Å². The summed E-state index contributed by atoms with van der Waals surface area (Å²) in [5.74, 6) is -3.44. The van der Waals surface area contributed by atoms with E-state index in [4.69, 9.17) is 10.2 Å². The number of carboxylic acid groups (broad SMARTS) is 2. The molecule has 1 atom stereocenters. The van der Waals surface area contributed by atoms with E-state index in [0.29, 0.717) is 0 Å². The van der Waals surface area contributed by atoms with Crippen molar-refractivity contribution in [2.45, 2.75) is 31.5 Å². The topological polar surface area (TPSA) is 104 Å². The van der Waals surface area contributed by atoms with Crippen LogP contribution in [0.2, 0.25) is 0 Å². The number of carbonyl (C=O) groups is 3. The van der Waals surface area contributed by atoms with Crippen LogP contribution in [0.4, 0.5) is 13.2 Å². The Hall–Kier alpha value is -2.58. The highest BCUT2D eigenvalue weighted by atomic mass is 19.4. The minimum Gasteiger partial charge on any atom is -0.481 e. The molecule has 0 fully saturated rings. The molecular formula is C14H14F3NO5. The van der Waals surface area contributed by atoms with Crippen LogP contribution in [0.3, 0.4) is 0 Å². The Morgan fingerprint density at radius 3 is 2.35 bits per heavy atom. The van der Waals surface area contributed by atoms with Crippen LogP contribution >= 0.6 is 0 Å². The normalized spacial score (nSPS) is 12.5. The molecule has 1 rings (SSSR count). The molecule has 0 aliphatic rings. The van der Waals surface area contributed by atoms with Gasteiger partial charge in [0.1, 0.15) is 6.04 Å². The highest BCUT2D eigenvalue weighted by Gasteiger charge is 2.30. The van der Waals surface area contributed by atoms with Crippen molar-refractivity contribution in [3.63, 3.8) is 0 Å². The fourth-order valence-electron chi connectivity index (χ4n) is 1.81. The van der Waals surface area contributed by atoms with Crippen LogP contribution in [0.5, 0.6) is 0 Å². The fraction of sp³-hybridized carbons (Fsp3) is 0.357. The number of halogens is 3. The van der Waals surface area contributed by atoms with Gasteiger partial charge in [-0.3, -0.25) is 9.59 Å². The van der Waals surface area contributed by atoms with E-state index in [1.165, 1.54) is 6.07 Å². The Balaban J connectivity index is 2.71. The number of carboxylic acids is 2. The lowest BCUT2D eigenvalue weighted by Gasteiger charge is -2.14. The minimum atomic E-state index is -4.54. The van der Waals surface area contributed by atoms with Gasteiger partial charge < -0.3 is 15.5 Å². The van der Waals surface area contributed by atoms with E-state index in [1.807, 2.05) is 0 Å². The summed E-state index contributed by atoms with van der Waals surface area (Å²) in [4.78, 5) is 33.1. The van der Waals surface area contributed by atoms with Gasteiger partial charge >= 0.3 is 18.1 Å². The number of rotatable bonds is 7. The summed E-state index contributed by atoms with van der Waals surface area (Å²) >= 11 is 0. The molecule has 0 radical (unpaired) electrons. The fourth-order valence-corrected chi connectivity index (χ4v) is 1.81.